The summed E-state index contributed by atoms with van der Waals surface area (Å²) in [6.45, 7) is 0.0894. The average Bonchev–Trinajstić information content (AvgIpc) is 2.45. The number of hydrogen-bond donors (Lipinski definition) is 0. The third kappa shape index (κ3) is 3.30. The highest BCUT2D eigenvalue weighted by Crippen LogP contribution is 2.25. The Morgan fingerprint density at radius 2 is 1.70 bits per heavy atom. The predicted molar refractivity (Wildman–Crippen MR) is 76.7 cm³/mol. The summed E-state index contributed by atoms with van der Waals surface area (Å²) in [5.74, 6) is -0.579. The Balaban J connectivity index is 2.07. The van der Waals surface area contributed by atoms with Crippen molar-refractivity contribution in [2.45, 2.75) is 6.61 Å². The number of carbonyl (C=O) groups is 1. The molecule has 2 rings (SSSR count). The number of ether oxygens (including phenoxy) is 1. The number of esters is 1. The van der Waals surface area contributed by atoms with Crippen molar-refractivity contribution >= 4 is 29.2 Å². The van der Waals surface area contributed by atoms with Gasteiger partial charge in [-0.3, -0.25) is 0 Å². The van der Waals surface area contributed by atoms with Crippen LogP contribution in [0.4, 0.5) is 0 Å². The van der Waals surface area contributed by atoms with Crippen molar-refractivity contribution in [2.24, 2.45) is 0 Å². The molecule has 0 N–H and O–H groups in total. The fourth-order valence-electron chi connectivity index (χ4n) is 1.59. The lowest BCUT2D eigenvalue weighted by atomic mass is 10.1. The molecule has 0 aliphatic carbocycles. The standard InChI is InChI=1S/C15H9Cl2NO2/c16-12-2-1-3-13(17)14(12)15(19)20-9-11-6-4-10(8-18)5-7-11/h1-7H,9H2. The molecule has 0 saturated carbocycles. The molecule has 0 heterocycles. The molecule has 2 aromatic carbocycles. The zero-order chi connectivity index (χ0) is 14.5. The quantitative estimate of drug-likeness (QED) is 0.798. The van der Waals surface area contributed by atoms with Crippen LogP contribution in [0.1, 0.15) is 21.5 Å². The number of benzene rings is 2. The maximum Gasteiger partial charge on any atom is 0.341 e. The predicted octanol–water partition coefficient (Wildman–Crippen LogP) is 4.22. The Bertz CT molecular complexity index is 655. The lowest BCUT2D eigenvalue weighted by Crippen LogP contribution is -2.06. The topological polar surface area (TPSA) is 50.1 Å². The number of halogens is 2. The van der Waals surface area contributed by atoms with Gasteiger partial charge in [0.15, 0.2) is 0 Å². The summed E-state index contributed by atoms with van der Waals surface area (Å²) in [5.41, 5.74) is 1.49. The van der Waals surface area contributed by atoms with Crippen molar-refractivity contribution in [1.29, 1.82) is 5.26 Å². The van der Waals surface area contributed by atoms with E-state index in [0.29, 0.717) is 5.56 Å². The molecule has 0 unspecified atom stereocenters. The molecule has 0 bridgehead atoms. The Morgan fingerprint density at radius 1 is 1.10 bits per heavy atom. The zero-order valence-electron chi connectivity index (χ0n) is 10.3. The van der Waals surface area contributed by atoms with Gasteiger partial charge in [-0.1, -0.05) is 41.4 Å². The van der Waals surface area contributed by atoms with E-state index in [2.05, 4.69) is 0 Å². The van der Waals surface area contributed by atoms with Crippen LogP contribution < -0.4 is 0 Å². The average molecular weight is 306 g/mol. The summed E-state index contributed by atoms with van der Waals surface area (Å²) >= 11 is 11.8. The second-order valence-corrected chi connectivity index (χ2v) is 4.80. The lowest BCUT2D eigenvalue weighted by molar-refractivity contribution is 0.0473. The van der Waals surface area contributed by atoms with Crippen molar-refractivity contribution in [1.82, 2.24) is 0 Å². The highest BCUT2D eigenvalue weighted by molar-refractivity contribution is 6.39. The summed E-state index contributed by atoms with van der Waals surface area (Å²) in [5, 5.41) is 9.20. The van der Waals surface area contributed by atoms with Gasteiger partial charge >= 0.3 is 5.97 Å². The van der Waals surface area contributed by atoms with Gasteiger partial charge < -0.3 is 4.74 Å². The van der Waals surface area contributed by atoms with Gasteiger partial charge in [-0.05, 0) is 29.8 Å². The van der Waals surface area contributed by atoms with E-state index < -0.39 is 5.97 Å². The van der Waals surface area contributed by atoms with Crippen LogP contribution in [0.2, 0.25) is 10.0 Å². The first-order chi connectivity index (χ1) is 9.61. The van der Waals surface area contributed by atoms with Crippen LogP contribution in [0, 0.1) is 11.3 Å². The van der Waals surface area contributed by atoms with E-state index in [0.717, 1.165) is 5.56 Å². The molecule has 0 saturated heterocycles. The van der Waals surface area contributed by atoms with E-state index in [9.17, 15) is 4.79 Å². The van der Waals surface area contributed by atoms with Gasteiger partial charge in [-0.25, -0.2) is 4.79 Å². The van der Waals surface area contributed by atoms with Crippen LogP contribution >= 0.6 is 23.2 Å². The molecule has 0 aliphatic heterocycles. The Labute approximate surface area is 126 Å². The Hall–Kier alpha value is -2.02. The molecule has 0 spiro atoms. The van der Waals surface area contributed by atoms with Gasteiger partial charge in [0.1, 0.15) is 6.61 Å². The molecule has 0 aromatic heterocycles. The molecule has 2 aromatic rings. The first-order valence-electron chi connectivity index (χ1n) is 5.72. The largest absolute Gasteiger partial charge is 0.457 e. The van der Waals surface area contributed by atoms with Gasteiger partial charge in [0, 0.05) is 0 Å². The van der Waals surface area contributed by atoms with Crippen molar-refractivity contribution in [3.05, 3.63) is 69.2 Å². The zero-order valence-corrected chi connectivity index (χ0v) is 11.8. The molecule has 0 fully saturated rings. The summed E-state index contributed by atoms with van der Waals surface area (Å²) in [6, 6.07) is 13.6. The first kappa shape index (κ1) is 14.4. The smallest absolute Gasteiger partial charge is 0.341 e. The van der Waals surface area contributed by atoms with E-state index in [4.69, 9.17) is 33.2 Å². The van der Waals surface area contributed by atoms with Gasteiger partial charge in [0.25, 0.3) is 0 Å². The Kier molecular flexibility index (Phi) is 4.62. The van der Waals surface area contributed by atoms with Crippen molar-refractivity contribution in [2.75, 3.05) is 0 Å². The number of hydrogen-bond acceptors (Lipinski definition) is 3. The maximum atomic E-state index is 11.9. The summed E-state index contributed by atoms with van der Waals surface area (Å²) < 4.78 is 5.16. The minimum absolute atomic E-state index is 0.0894. The van der Waals surface area contributed by atoms with E-state index in [1.54, 1.807) is 42.5 Å². The van der Waals surface area contributed by atoms with E-state index >= 15 is 0 Å². The summed E-state index contributed by atoms with van der Waals surface area (Å²) in [7, 11) is 0. The third-order valence-electron chi connectivity index (χ3n) is 2.62. The molecular weight excluding hydrogens is 297 g/mol. The molecule has 0 amide bonds. The summed E-state index contributed by atoms with van der Waals surface area (Å²) in [4.78, 5) is 11.9. The molecule has 0 atom stereocenters. The van der Waals surface area contributed by atoms with E-state index in [-0.39, 0.29) is 22.2 Å². The first-order valence-corrected chi connectivity index (χ1v) is 6.47. The van der Waals surface area contributed by atoms with E-state index in [1.807, 2.05) is 6.07 Å². The molecule has 100 valence electrons. The van der Waals surface area contributed by atoms with E-state index in [1.165, 1.54) is 0 Å². The van der Waals surface area contributed by atoms with Gasteiger partial charge in [-0.15, -0.1) is 0 Å². The number of carbonyl (C=O) groups excluding carboxylic acids is 1. The second-order valence-electron chi connectivity index (χ2n) is 3.98. The molecule has 0 radical (unpaired) electrons. The molecule has 3 nitrogen and oxygen atoms in total. The number of nitrogens with zero attached hydrogens (tertiary/aromatic N) is 1. The van der Waals surface area contributed by atoms with Crippen LogP contribution in [0.15, 0.2) is 42.5 Å². The van der Waals surface area contributed by atoms with Crippen LogP contribution in [0.5, 0.6) is 0 Å². The molecule has 20 heavy (non-hydrogen) atoms. The molecule has 5 heteroatoms. The second kappa shape index (κ2) is 6.42. The highest BCUT2D eigenvalue weighted by atomic mass is 35.5. The van der Waals surface area contributed by atoms with Crippen LogP contribution in [-0.2, 0) is 11.3 Å². The van der Waals surface area contributed by atoms with Crippen molar-refractivity contribution in [3.8, 4) is 6.07 Å². The highest BCUT2D eigenvalue weighted by Gasteiger charge is 2.15. The van der Waals surface area contributed by atoms with Crippen molar-refractivity contribution in [3.63, 3.8) is 0 Å². The maximum absolute atomic E-state index is 11.9. The lowest BCUT2D eigenvalue weighted by Gasteiger charge is -2.07. The normalized spacial score (nSPS) is 9.85. The Morgan fingerprint density at radius 3 is 2.25 bits per heavy atom. The fraction of sp³-hybridized carbons (Fsp3) is 0.0667. The monoisotopic (exact) mass is 305 g/mol. The number of nitriles is 1. The number of rotatable bonds is 3. The van der Waals surface area contributed by atoms with Gasteiger partial charge in [-0.2, -0.15) is 5.26 Å². The fourth-order valence-corrected chi connectivity index (χ4v) is 2.14. The van der Waals surface area contributed by atoms with Gasteiger partial charge in [0.2, 0.25) is 0 Å². The third-order valence-corrected chi connectivity index (χ3v) is 3.25. The van der Waals surface area contributed by atoms with Crippen molar-refractivity contribution < 1.29 is 9.53 Å². The van der Waals surface area contributed by atoms with Gasteiger partial charge in [0.05, 0.1) is 27.2 Å². The molecular formula is C15H9Cl2NO2. The van der Waals surface area contributed by atoms with Crippen LogP contribution in [0.3, 0.4) is 0 Å². The molecule has 0 aliphatic rings. The van der Waals surface area contributed by atoms with Crippen LogP contribution in [0.25, 0.3) is 0 Å². The minimum atomic E-state index is -0.579. The minimum Gasteiger partial charge on any atom is -0.457 e. The SMILES string of the molecule is N#Cc1ccc(COC(=O)c2c(Cl)cccc2Cl)cc1. The summed E-state index contributed by atoms with van der Waals surface area (Å²) in [6.07, 6.45) is 0. The van der Waals surface area contributed by atoms with Crippen LogP contribution in [-0.4, -0.2) is 5.97 Å².